The Morgan fingerprint density at radius 2 is 1.74 bits per heavy atom. The van der Waals surface area contributed by atoms with Crippen molar-refractivity contribution in [3.05, 3.63) is 60.0 Å². The molecule has 1 heterocycles. The van der Waals surface area contributed by atoms with Crippen LogP contribution in [0.4, 0.5) is 10.8 Å². The van der Waals surface area contributed by atoms with E-state index in [9.17, 15) is 9.59 Å². The summed E-state index contributed by atoms with van der Waals surface area (Å²) in [5.74, 6) is -0.207. The Labute approximate surface area is 166 Å². The highest BCUT2D eigenvalue weighted by molar-refractivity contribution is 8.00. The Bertz CT molecular complexity index is 924. The van der Waals surface area contributed by atoms with Gasteiger partial charge in [-0.15, -0.1) is 23.1 Å². The third-order valence-corrected chi connectivity index (χ3v) is 5.53. The molecule has 1 aromatic heterocycles. The van der Waals surface area contributed by atoms with E-state index in [0.717, 1.165) is 21.8 Å². The highest BCUT2D eigenvalue weighted by Gasteiger charge is 2.16. The van der Waals surface area contributed by atoms with Crippen molar-refractivity contribution >= 4 is 45.7 Å². The van der Waals surface area contributed by atoms with Crippen LogP contribution in [0.1, 0.15) is 13.8 Å². The number of nitrogens with one attached hydrogen (secondary N) is 2. The molecule has 0 bridgehead atoms. The van der Waals surface area contributed by atoms with Gasteiger partial charge in [-0.1, -0.05) is 30.3 Å². The number of nitrogens with zero attached hydrogens (tertiary/aromatic N) is 1. The molecule has 2 amide bonds. The van der Waals surface area contributed by atoms with E-state index in [1.165, 1.54) is 30.0 Å². The molecular weight excluding hydrogens is 378 g/mol. The average molecular weight is 398 g/mol. The van der Waals surface area contributed by atoms with Gasteiger partial charge in [-0.05, 0) is 31.2 Å². The van der Waals surface area contributed by atoms with Gasteiger partial charge in [0, 0.05) is 28.5 Å². The van der Waals surface area contributed by atoms with Crippen LogP contribution in [0.3, 0.4) is 0 Å². The molecule has 7 heteroatoms. The van der Waals surface area contributed by atoms with Crippen molar-refractivity contribution in [2.75, 3.05) is 10.6 Å². The smallest absolute Gasteiger partial charge is 0.239 e. The van der Waals surface area contributed by atoms with Gasteiger partial charge in [-0.3, -0.25) is 9.59 Å². The summed E-state index contributed by atoms with van der Waals surface area (Å²) in [5, 5.41) is 7.85. The van der Waals surface area contributed by atoms with Crippen molar-refractivity contribution in [3.8, 4) is 11.3 Å². The number of thioether (sulfide) groups is 1. The van der Waals surface area contributed by atoms with E-state index < -0.39 is 0 Å². The Balaban J connectivity index is 1.58. The minimum absolute atomic E-state index is 0.0973. The standard InChI is InChI=1S/C20H19N3O2S2/c1-13(27-17-10-8-16(9-11-17)21-14(2)24)19(25)23-20-22-18(12-26-20)15-6-4-3-5-7-15/h3-13H,1-2H3,(H,21,24)(H,22,23,25). The van der Waals surface area contributed by atoms with Gasteiger partial charge in [0.05, 0.1) is 10.9 Å². The highest BCUT2D eigenvalue weighted by atomic mass is 32.2. The SMILES string of the molecule is CC(=O)Nc1ccc(SC(C)C(=O)Nc2nc(-c3ccccc3)cs2)cc1. The number of carbonyl (C=O) groups excluding carboxylic acids is 2. The van der Waals surface area contributed by atoms with E-state index in [-0.39, 0.29) is 17.1 Å². The number of hydrogen-bond donors (Lipinski definition) is 2. The summed E-state index contributed by atoms with van der Waals surface area (Å²) < 4.78 is 0. The molecule has 0 fully saturated rings. The molecule has 27 heavy (non-hydrogen) atoms. The zero-order valence-corrected chi connectivity index (χ0v) is 16.6. The summed E-state index contributed by atoms with van der Waals surface area (Å²) in [7, 11) is 0. The van der Waals surface area contributed by atoms with E-state index >= 15 is 0 Å². The number of anilines is 2. The fourth-order valence-corrected chi connectivity index (χ4v) is 3.95. The highest BCUT2D eigenvalue weighted by Crippen LogP contribution is 2.28. The molecule has 0 radical (unpaired) electrons. The Morgan fingerprint density at radius 3 is 2.41 bits per heavy atom. The number of hydrogen-bond acceptors (Lipinski definition) is 5. The first kappa shape index (κ1) is 19.1. The van der Waals surface area contributed by atoms with Gasteiger partial charge in [0.2, 0.25) is 11.8 Å². The quantitative estimate of drug-likeness (QED) is 0.581. The molecule has 2 N–H and O–H groups in total. The minimum Gasteiger partial charge on any atom is -0.326 e. The second-order valence-electron chi connectivity index (χ2n) is 5.86. The Kier molecular flexibility index (Phi) is 6.26. The van der Waals surface area contributed by atoms with Gasteiger partial charge in [-0.25, -0.2) is 4.98 Å². The molecule has 0 aliphatic heterocycles. The molecule has 0 aliphatic carbocycles. The second-order valence-corrected chi connectivity index (χ2v) is 8.13. The predicted molar refractivity (Wildman–Crippen MR) is 112 cm³/mol. The van der Waals surface area contributed by atoms with Crippen molar-refractivity contribution in [2.45, 2.75) is 24.0 Å². The van der Waals surface area contributed by atoms with E-state index in [0.29, 0.717) is 5.13 Å². The summed E-state index contributed by atoms with van der Waals surface area (Å²) in [4.78, 5) is 29.0. The van der Waals surface area contributed by atoms with Crippen molar-refractivity contribution in [3.63, 3.8) is 0 Å². The summed E-state index contributed by atoms with van der Waals surface area (Å²) in [5.41, 5.74) is 2.61. The number of amides is 2. The molecule has 0 spiro atoms. The normalized spacial score (nSPS) is 11.6. The lowest BCUT2D eigenvalue weighted by molar-refractivity contribution is -0.115. The van der Waals surface area contributed by atoms with E-state index in [4.69, 9.17) is 0 Å². The number of benzene rings is 2. The van der Waals surface area contributed by atoms with Gasteiger partial charge in [0.25, 0.3) is 0 Å². The van der Waals surface area contributed by atoms with Crippen LogP contribution >= 0.6 is 23.1 Å². The molecule has 1 unspecified atom stereocenters. The van der Waals surface area contributed by atoms with Crippen LogP contribution in [0.25, 0.3) is 11.3 Å². The van der Waals surface area contributed by atoms with Crippen LogP contribution in [-0.2, 0) is 9.59 Å². The molecule has 2 aromatic carbocycles. The zero-order valence-electron chi connectivity index (χ0n) is 14.9. The van der Waals surface area contributed by atoms with Crippen LogP contribution in [0, 0.1) is 0 Å². The number of rotatable bonds is 6. The van der Waals surface area contributed by atoms with E-state index in [1.807, 2.05) is 66.9 Å². The number of thiazole rings is 1. The van der Waals surface area contributed by atoms with Crippen molar-refractivity contribution < 1.29 is 9.59 Å². The van der Waals surface area contributed by atoms with Crippen molar-refractivity contribution in [1.82, 2.24) is 4.98 Å². The molecule has 0 saturated carbocycles. The van der Waals surface area contributed by atoms with Gasteiger partial charge in [0.1, 0.15) is 0 Å². The lowest BCUT2D eigenvalue weighted by Gasteiger charge is -2.11. The molecule has 138 valence electrons. The second kappa shape index (κ2) is 8.83. The van der Waals surface area contributed by atoms with E-state index in [2.05, 4.69) is 15.6 Å². The zero-order chi connectivity index (χ0) is 19.2. The van der Waals surface area contributed by atoms with Gasteiger partial charge >= 0.3 is 0 Å². The first-order valence-corrected chi connectivity index (χ1v) is 10.1. The summed E-state index contributed by atoms with van der Waals surface area (Å²) in [6, 6.07) is 17.3. The maximum atomic E-state index is 12.5. The average Bonchev–Trinajstić information content (AvgIpc) is 3.12. The van der Waals surface area contributed by atoms with Crippen LogP contribution in [-0.4, -0.2) is 22.0 Å². The first-order chi connectivity index (χ1) is 13.0. The topological polar surface area (TPSA) is 71.1 Å². The maximum absolute atomic E-state index is 12.5. The summed E-state index contributed by atoms with van der Waals surface area (Å²) in [6.45, 7) is 3.32. The third kappa shape index (κ3) is 5.42. The molecule has 5 nitrogen and oxygen atoms in total. The molecule has 3 aromatic rings. The fourth-order valence-electron chi connectivity index (χ4n) is 2.36. The van der Waals surface area contributed by atoms with Crippen molar-refractivity contribution in [2.24, 2.45) is 0 Å². The van der Waals surface area contributed by atoms with Crippen LogP contribution < -0.4 is 10.6 Å². The van der Waals surface area contributed by atoms with Gasteiger partial charge in [-0.2, -0.15) is 0 Å². The largest absolute Gasteiger partial charge is 0.326 e. The van der Waals surface area contributed by atoms with E-state index in [1.54, 1.807) is 0 Å². The van der Waals surface area contributed by atoms with Crippen LogP contribution in [0.15, 0.2) is 64.9 Å². The predicted octanol–water partition coefficient (Wildman–Crippen LogP) is 4.89. The summed E-state index contributed by atoms with van der Waals surface area (Å²) >= 11 is 2.87. The lowest BCUT2D eigenvalue weighted by atomic mass is 10.2. The monoisotopic (exact) mass is 397 g/mol. The lowest BCUT2D eigenvalue weighted by Crippen LogP contribution is -2.22. The minimum atomic E-state index is -0.277. The van der Waals surface area contributed by atoms with Crippen LogP contribution in [0.5, 0.6) is 0 Å². The molecule has 0 saturated heterocycles. The Morgan fingerprint density at radius 1 is 1.04 bits per heavy atom. The molecule has 3 rings (SSSR count). The molecule has 0 aliphatic rings. The molecule has 1 atom stereocenters. The first-order valence-electron chi connectivity index (χ1n) is 8.37. The number of aromatic nitrogens is 1. The molecular formula is C20H19N3O2S2. The number of carbonyl (C=O) groups is 2. The summed E-state index contributed by atoms with van der Waals surface area (Å²) in [6.07, 6.45) is 0. The van der Waals surface area contributed by atoms with Crippen molar-refractivity contribution in [1.29, 1.82) is 0 Å². The maximum Gasteiger partial charge on any atom is 0.239 e. The third-order valence-electron chi connectivity index (χ3n) is 3.66. The van der Waals surface area contributed by atoms with Gasteiger partial charge < -0.3 is 10.6 Å². The Hall–Kier alpha value is -2.64. The van der Waals surface area contributed by atoms with Gasteiger partial charge in [0.15, 0.2) is 5.13 Å². The van der Waals surface area contributed by atoms with Crippen LogP contribution in [0.2, 0.25) is 0 Å². The fraction of sp³-hybridized carbons (Fsp3) is 0.150.